The zero-order valence-electron chi connectivity index (χ0n) is 17.5. The van der Waals surface area contributed by atoms with Crippen LogP contribution in [-0.2, 0) is 13.0 Å². The van der Waals surface area contributed by atoms with Gasteiger partial charge < -0.3 is 14.2 Å². The van der Waals surface area contributed by atoms with Gasteiger partial charge in [0.05, 0.1) is 6.61 Å². The van der Waals surface area contributed by atoms with Gasteiger partial charge in [0.1, 0.15) is 5.82 Å². The van der Waals surface area contributed by atoms with Crippen molar-refractivity contribution in [2.24, 2.45) is 0 Å². The van der Waals surface area contributed by atoms with Crippen LogP contribution in [0.5, 0.6) is 5.75 Å². The summed E-state index contributed by atoms with van der Waals surface area (Å²) in [5.41, 5.74) is 1.89. The van der Waals surface area contributed by atoms with Gasteiger partial charge in [-0.3, -0.25) is 9.59 Å². The molecule has 1 amide bonds. The Morgan fingerprint density at radius 1 is 1.24 bits per heavy atom. The first-order chi connectivity index (χ1) is 13.8. The molecule has 1 aliphatic heterocycles. The molecule has 0 atom stereocenters. The van der Waals surface area contributed by atoms with Gasteiger partial charge in [0.2, 0.25) is 5.75 Å². The third kappa shape index (κ3) is 4.47. The van der Waals surface area contributed by atoms with E-state index >= 15 is 0 Å². The molecule has 0 saturated heterocycles. The summed E-state index contributed by atoms with van der Waals surface area (Å²) < 4.78 is 7.62. The van der Waals surface area contributed by atoms with Gasteiger partial charge in [-0.15, -0.1) is 0 Å². The lowest BCUT2D eigenvalue weighted by molar-refractivity contribution is 0.0635. The number of carbonyl (C=O) groups excluding carboxylic acids is 1. The molecule has 0 N–H and O–H groups in total. The van der Waals surface area contributed by atoms with Crippen LogP contribution in [0.25, 0.3) is 0 Å². The molecule has 0 spiro atoms. The first-order valence-electron chi connectivity index (χ1n) is 10.2. The second-order valence-corrected chi connectivity index (χ2v) is 8.14. The molecule has 0 aliphatic carbocycles. The number of nitrogens with zero attached hydrogens (tertiary/aromatic N) is 3. The maximum Gasteiger partial charge on any atom is 0.316 e. The van der Waals surface area contributed by atoms with E-state index in [1.807, 2.05) is 50.5 Å². The summed E-state index contributed by atoms with van der Waals surface area (Å²) in [4.78, 5) is 32.1. The van der Waals surface area contributed by atoms with Crippen LogP contribution in [-0.4, -0.2) is 39.6 Å². The van der Waals surface area contributed by atoms with E-state index in [0.29, 0.717) is 42.7 Å². The van der Waals surface area contributed by atoms with Gasteiger partial charge in [-0.2, -0.15) is 4.98 Å². The molecule has 0 saturated carbocycles. The fourth-order valence-corrected chi connectivity index (χ4v) is 3.81. The van der Waals surface area contributed by atoms with E-state index in [0.717, 1.165) is 24.0 Å². The van der Waals surface area contributed by atoms with Crippen LogP contribution in [0.2, 0.25) is 5.02 Å². The Kier molecular flexibility index (Phi) is 6.63. The molecule has 29 heavy (non-hydrogen) atoms. The summed E-state index contributed by atoms with van der Waals surface area (Å²) in [6.07, 6.45) is 2.21. The largest absolute Gasteiger partial charge is 0.486 e. The molecule has 7 heteroatoms. The van der Waals surface area contributed by atoms with E-state index in [1.54, 1.807) is 4.90 Å². The number of aromatic nitrogens is 2. The molecule has 0 fully saturated rings. The Morgan fingerprint density at radius 2 is 2.00 bits per heavy atom. The van der Waals surface area contributed by atoms with Gasteiger partial charge in [0.15, 0.2) is 5.69 Å². The second kappa shape index (κ2) is 8.99. The minimum absolute atomic E-state index is 0.0463. The highest BCUT2D eigenvalue weighted by molar-refractivity contribution is 6.30. The summed E-state index contributed by atoms with van der Waals surface area (Å²) in [6, 6.07) is 5.70. The maximum absolute atomic E-state index is 13.2. The Morgan fingerprint density at radius 3 is 2.66 bits per heavy atom. The molecule has 156 valence electrons. The van der Waals surface area contributed by atoms with Crippen molar-refractivity contribution in [2.45, 2.75) is 59.5 Å². The third-order valence-electron chi connectivity index (χ3n) is 5.27. The van der Waals surface area contributed by atoms with Crippen molar-refractivity contribution < 1.29 is 9.53 Å². The predicted molar refractivity (Wildman–Crippen MR) is 114 cm³/mol. The maximum atomic E-state index is 13.2. The highest BCUT2D eigenvalue weighted by Crippen LogP contribution is 2.25. The second-order valence-electron chi connectivity index (χ2n) is 7.70. The summed E-state index contributed by atoms with van der Waals surface area (Å²) in [5, 5.41) is 0.667. The molecule has 1 aromatic carbocycles. The number of amides is 1. The standard InChI is InChI=1S/C22H28ClN3O3/c1-5-6-11-29-20-19-22(28)25(14(2)3)9-10-26(19)18(24-21(20)27)13-16-7-8-17(23)12-15(16)4/h7-8,12,14H,5-6,9-11,13H2,1-4H3. The number of hydrogen-bond acceptors (Lipinski definition) is 4. The first kappa shape index (κ1) is 21.4. The minimum Gasteiger partial charge on any atom is -0.486 e. The van der Waals surface area contributed by atoms with E-state index in [-0.39, 0.29) is 17.7 Å². The lowest BCUT2D eigenvalue weighted by atomic mass is 10.0. The average Bonchev–Trinajstić information content (AvgIpc) is 2.66. The highest BCUT2D eigenvalue weighted by atomic mass is 35.5. The lowest BCUT2D eigenvalue weighted by Gasteiger charge is -2.34. The van der Waals surface area contributed by atoms with Crippen molar-refractivity contribution in [3.8, 4) is 5.75 Å². The Labute approximate surface area is 176 Å². The van der Waals surface area contributed by atoms with E-state index in [1.165, 1.54) is 0 Å². The number of aryl methyl sites for hydroxylation is 1. The molecule has 1 aromatic heterocycles. The van der Waals surface area contributed by atoms with Gasteiger partial charge in [0, 0.05) is 30.6 Å². The van der Waals surface area contributed by atoms with Gasteiger partial charge >= 0.3 is 5.56 Å². The number of fused-ring (bicyclic) bond motifs is 1. The smallest absolute Gasteiger partial charge is 0.316 e. The van der Waals surface area contributed by atoms with Crippen molar-refractivity contribution in [3.05, 3.63) is 56.2 Å². The van der Waals surface area contributed by atoms with Crippen LogP contribution in [0.4, 0.5) is 0 Å². The van der Waals surface area contributed by atoms with E-state index in [9.17, 15) is 9.59 Å². The summed E-state index contributed by atoms with van der Waals surface area (Å²) >= 11 is 6.07. The number of unbranched alkanes of at least 4 members (excludes halogenated alkanes) is 1. The average molecular weight is 418 g/mol. The molecule has 2 heterocycles. The number of halogens is 1. The van der Waals surface area contributed by atoms with Gasteiger partial charge in [0.25, 0.3) is 5.91 Å². The lowest BCUT2D eigenvalue weighted by Crippen LogP contribution is -2.46. The fourth-order valence-electron chi connectivity index (χ4n) is 3.58. The van der Waals surface area contributed by atoms with Crippen LogP contribution in [0, 0.1) is 6.92 Å². The van der Waals surface area contributed by atoms with Crippen LogP contribution in [0.3, 0.4) is 0 Å². The topological polar surface area (TPSA) is 64.4 Å². The molecule has 1 aliphatic rings. The molecule has 0 radical (unpaired) electrons. The summed E-state index contributed by atoms with van der Waals surface area (Å²) in [6.45, 7) is 9.53. The van der Waals surface area contributed by atoms with Crippen molar-refractivity contribution in [3.63, 3.8) is 0 Å². The summed E-state index contributed by atoms with van der Waals surface area (Å²) in [5.74, 6) is 0.478. The zero-order valence-corrected chi connectivity index (χ0v) is 18.3. The molecule has 0 unspecified atom stereocenters. The Hall–Kier alpha value is -2.34. The van der Waals surface area contributed by atoms with Crippen LogP contribution >= 0.6 is 11.6 Å². The number of rotatable bonds is 7. The van der Waals surface area contributed by atoms with Crippen LogP contribution in [0.15, 0.2) is 23.0 Å². The first-order valence-corrected chi connectivity index (χ1v) is 10.5. The van der Waals surface area contributed by atoms with Crippen molar-refractivity contribution in [1.82, 2.24) is 14.5 Å². The van der Waals surface area contributed by atoms with Crippen LogP contribution < -0.4 is 10.3 Å². The molecule has 0 bridgehead atoms. The van der Waals surface area contributed by atoms with E-state index in [2.05, 4.69) is 4.98 Å². The number of benzene rings is 1. The van der Waals surface area contributed by atoms with Crippen molar-refractivity contribution in [2.75, 3.05) is 13.2 Å². The molecule has 2 aromatic rings. The van der Waals surface area contributed by atoms with E-state index < -0.39 is 5.56 Å². The van der Waals surface area contributed by atoms with Gasteiger partial charge in [-0.05, 0) is 50.5 Å². The SMILES string of the molecule is CCCCOc1c2n(c(Cc3ccc(Cl)cc3C)nc1=O)CCN(C(C)C)C2=O. The van der Waals surface area contributed by atoms with Crippen LogP contribution in [0.1, 0.15) is 61.1 Å². The fraction of sp³-hybridized carbons (Fsp3) is 0.500. The third-order valence-corrected chi connectivity index (χ3v) is 5.51. The molecule has 6 nitrogen and oxygen atoms in total. The quantitative estimate of drug-likeness (QED) is 0.642. The molecule has 3 rings (SSSR count). The minimum atomic E-state index is -0.479. The summed E-state index contributed by atoms with van der Waals surface area (Å²) in [7, 11) is 0. The van der Waals surface area contributed by atoms with Gasteiger partial charge in [-0.1, -0.05) is 31.0 Å². The Balaban J connectivity index is 2.08. The van der Waals surface area contributed by atoms with E-state index in [4.69, 9.17) is 16.3 Å². The number of hydrogen-bond donors (Lipinski definition) is 0. The monoisotopic (exact) mass is 417 g/mol. The molecular weight excluding hydrogens is 390 g/mol. The normalized spacial score (nSPS) is 13.7. The molecular formula is C22H28ClN3O3. The van der Waals surface area contributed by atoms with Gasteiger partial charge in [-0.25, -0.2) is 0 Å². The van der Waals surface area contributed by atoms with Crippen molar-refractivity contribution in [1.29, 1.82) is 0 Å². The van der Waals surface area contributed by atoms with Crippen molar-refractivity contribution >= 4 is 17.5 Å². The predicted octanol–water partition coefficient (Wildman–Crippen LogP) is 3.84. The zero-order chi connectivity index (χ0) is 21.1. The number of ether oxygens (including phenoxy) is 1. The number of carbonyl (C=O) groups is 1. The Bertz CT molecular complexity index is 969. The highest BCUT2D eigenvalue weighted by Gasteiger charge is 2.33.